The van der Waals surface area contributed by atoms with E-state index in [9.17, 15) is 0 Å². The van der Waals surface area contributed by atoms with Crippen LogP contribution in [0.3, 0.4) is 0 Å². The molecule has 0 bridgehead atoms. The van der Waals surface area contributed by atoms with Crippen LogP contribution in [-0.2, 0) is 6.54 Å². The zero-order valence-corrected chi connectivity index (χ0v) is 9.64. The predicted molar refractivity (Wildman–Crippen MR) is 65.9 cm³/mol. The molecule has 0 spiro atoms. The lowest BCUT2D eigenvalue weighted by Gasteiger charge is -2.10. The molecule has 1 aromatic carbocycles. The third kappa shape index (κ3) is 2.90. The zero-order valence-electron chi connectivity index (χ0n) is 9.64. The Bertz CT molecular complexity index is 469. The van der Waals surface area contributed by atoms with Crippen molar-refractivity contribution in [2.24, 2.45) is 0 Å². The van der Waals surface area contributed by atoms with Crippen molar-refractivity contribution in [2.75, 3.05) is 17.7 Å². The molecule has 0 aliphatic rings. The Labute approximate surface area is 99.6 Å². The number of hydrogen-bond donors (Lipinski definition) is 2. The molecule has 2 rings (SSSR count). The summed E-state index contributed by atoms with van der Waals surface area (Å²) in [6.07, 6.45) is 1.62. The largest absolute Gasteiger partial charge is 0.492 e. The summed E-state index contributed by atoms with van der Waals surface area (Å²) >= 11 is 0. The Morgan fingerprint density at radius 2 is 2.29 bits per heavy atom. The van der Waals surface area contributed by atoms with Gasteiger partial charge in [-0.3, -0.25) is 0 Å². The Kier molecular flexibility index (Phi) is 3.49. The molecule has 0 radical (unpaired) electrons. The van der Waals surface area contributed by atoms with Gasteiger partial charge in [0.1, 0.15) is 5.75 Å². The van der Waals surface area contributed by atoms with Crippen molar-refractivity contribution in [3.63, 3.8) is 0 Å². The first-order valence-corrected chi connectivity index (χ1v) is 5.45. The van der Waals surface area contributed by atoms with Crippen molar-refractivity contribution in [2.45, 2.75) is 13.5 Å². The van der Waals surface area contributed by atoms with E-state index in [-0.39, 0.29) is 0 Å². The molecule has 0 aliphatic heterocycles. The molecule has 90 valence electrons. The second-order valence-electron chi connectivity index (χ2n) is 3.52. The Morgan fingerprint density at radius 3 is 3.00 bits per heavy atom. The van der Waals surface area contributed by atoms with Crippen LogP contribution in [0.4, 0.5) is 11.4 Å². The van der Waals surface area contributed by atoms with Crippen LogP contribution < -0.4 is 15.8 Å². The van der Waals surface area contributed by atoms with E-state index in [0.29, 0.717) is 24.6 Å². The van der Waals surface area contributed by atoms with Crippen LogP contribution >= 0.6 is 0 Å². The molecule has 0 atom stereocenters. The van der Waals surface area contributed by atoms with Crippen molar-refractivity contribution in [3.8, 4) is 5.75 Å². The SMILES string of the molecule is CCOc1cc(NCc2ccno2)ccc1N. The first-order valence-electron chi connectivity index (χ1n) is 5.45. The summed E-state index contributed by atoms with van der Waals surface area (Å²) in [5.74, 6) is 1.47. The normalized spacial score (nSPS) is 10.2. The van der Waals surface area contributed by atoms with Gasteiger partial charge in [0.2, 0.25) is 0 Å². The average Bonchev–Trinajstić information content (AvgIpc) is 2.83. The highest BCUT2D eigenvalue weighted by molar-refractivity contribution is 5.61. The van der Waals surface area contributed by atoms with Crippen molar-refractivity contribution in [1.29, 1.82) is 0 Å². The Hall–Kier alpha value is -2.17. The number of hydrogen-bond acceptors (Lipinski definition) is 5. The van der Waals surface area contributed by atoms with Crippen LogP contribution in [0.2, 0.25) is 0 Å². The van der Waals surface area contributed by atoms with Crippen LogP contribution in [0.1, 0.15) is 12.7 Å². The Morgan fingerprint density at radius 1 is 1.41 bits per heavy atom. The number of nitrogens with zero attached hydrogens (tertiary/aromatic N) is 1. The maximum atomic E-state index is 5.78. The van der Waals surface area contributed by atoms with Gasteiger partial charge in [0.05, 0.1) is 25.0 Å². The van der Waals surface area contributed by atoms with Crippen LogP contribution in [0.25, 0.3) is 0 Å². The molecule has 0 saturated heterocycles. The zero-order chi connectivity index (χ0) is 12.1. The van der Waals surface area contributed by atoms with E-state index in [2.05, 4.69) is 10.5 Å². The molecular weight excluding hydrogens is 218 g/mol. The number of nitrogens with two attached hydrogens (primary N) is 1. The summed E-state index contributed by atoms with van der Waals surface area (Å²) in [4.78, 5) is 0. The van der Waals surface area contributed by atoms with Gasteiger partial charge in [0.15, 0.2) is 5.76 Å². The number of nitrogens with one attached hydrogen (secondary N) is 1. The average molecular weight is 233 g/mol. The van der Waals surface area contributed by atoms with E-state index in [0.717, 1.165) is 11.4 Å². The van der Waals surface area contributed by atoms with Gasteiger partial charge in [-0.15, -0.1) is 0 Å². The molecule has 17 heavy (non-hydrogen) atoms. The quantitative estimate of drug-likeness (QED) is 0.775. The van der Waals surface area contributed by atoms with Crippen LogP contribution in [-0.4, -0.2) is 11.8 Å². The molecule has 3 N–H and O–H groups in total. The highest BCUT2D eigenvalue weighted by Crippen LogP contribution is 2.25. The van der Waals surface area contributed by atoms with Gasteiger partial charge < -0.3 is 20.3 Å². The molecule has 0 saturated carbocycles. The molecule has 0 fully saturated rings. The summed E-state index contributed by atoms with van der Waals surface area (Å²) in [7, 11) is 0. The molecule has 1 aromatic heterocycles. The van der Waals surface area contributed by atoms with Crippen LogP contribution in [0.15, 0.2) is 35.0 Å². The van der Waals surface area contributed by atoms with E-state index in [1.54, 1.807) is 6.20 Å². The first-order chi connectivity index (χ1) is 8.29. The highest BCUT2D eigenvalue weighted by atomic mass is 16.5. The van der Waals surface area contributed by atoms with Crippen molar-refractivity contribution >= 4 is 11.4 Å². The van der Waals surface area contributed by atoms with E-state index in [1.165, 1.54) is 0 Å². The smallest absolute Gasteiger partial charge is 0.155 e. The van der Waals surface area contributed by atoms with E-state index < -0.39 is 0 Å². The van der Waals surface area contributed by atoms with Gasteiger partial charge in [-0.1, -0.05) is 5.16 Å². The summed E-state index contributed by atoms with van der Waals surface area (Å²) in [5.41, 5.74) is 7.35. The molecule has 0 amide bonds. The third-order valence-electron chi connectivity index (χ3n) is 2.27. The lowest BCUT2D eigenvalue weighted by Crippen LogP contribution is -2.01. The lowest BCUT2D eigenvalue weighted by molar-refractivity contribution is 0.342. The number of rotatable bonds is 5. The van der Waals surface area contributed by atoms with E-state index in [1.807, 2.05) is 31.2 Å². The fourth-order valence-corrected chi connectivity index (χ4v) is 1.45. The minimum atomic E-state index is 0.579. The fraction of sp³-hybridized carbons (Fsp3) is 0.250. The van der Waals surface area contributed by atoms with Gasteiger partial charge in [-0.05, 0) is 19.1 Å². The lowest BCUT2D eigenvalue weighted by atomic mass is 10.2. The number of anilines is 2. The van der Waals surface area contributed by atoms with Crippen molar-refractivity contribution in [3.05, 3.63) is 36.2 Å². The van der Waals surface area contributed by atoms with Gasteiger partial charge in [-0.25, -0.2) is 0 Å². The molecule has 0 unspecified atom stereocenters. The number of ether oxygens (including phenoxy) is 1. The predicted octanol–water partition coefficient (Wildman–Crippen LogP) is 2.27. The van der Waals surface area contributed by atoms with Crippen molar-refractivity contribution < 1.29 is 9.26 Å². The fourth-order valence-electron chi connectivity index (χ4n) is 1.45. The maximum absolute atomic E-state index is 5.78. The van der Waals surface area contributed by atoms with Crippen LogP contribution in [0.5, 0.6) is 5.75 Å². The summed E-state index contributed by atoms with van der Waals surface area (Å²) in [5, 5.41) is 6.84. The summed E-state index contributed by atoms with van der Waals surface area (Å²) < 4.78 is 10.4. The second-order valence-corrected chi connectivity index (χ2v) is 3.52. The highest BCUT2D eigenvalue weighted by Gasteiger charge is 2.02. The topological polar surface area (TPSA) is 73.3 Å². The number of nitrogen functional groups attached to an aromatic ring is 1. The van der Waals surface area contributed by atoms with E-state index in [4.69, 9.17) is 15.0 Å². The van der Waals surface area contributed by atoms with Gasteiger partial charge in [0.25, 0.3) is 0 Å². The molecule has 5 nitrogen and oxygen atoms in total. The molecule has 0 aliphatic carbocycles. The summed E-state index contributed by atoms with van der Waals surface area (Å²) in [6.45, 7) is 3.10. The Balaban J connectivity index is 2.03. The maximum Gasteiger partial charge on any atom is 0.155 e. The van der Waals surface area contributed by atoms with Gasteiger partial charge in [-0.2, -0.15) is 0 Å². The monoisotopic (exact) mass is 233 g/mol. The first kappa shape index (κ1) is 11.3. The van der Waals surface area contributed by atoms with Crippen molar-refractivity contribution in [1.82, 2.24) is 5.16 Å². The summed E-state index contributed by atoms with van der Waals surface area (Å²) in [6, 6.07) is 7.39. The second kappa shape index (κ2) is 5.25. The van der Waals surface area contributed by atoms with Gasteiger partial charge >= 0.3 is 0 Å². The molecule has 1 heterocycles. The minimum absolute atomic E-state index is 0.579. The molecule has 2 aromatic rings. The minimum Gasteiger partial charge on any atom is -0.492 e. The van der Waals surface area contributed by atoms with Gasteiger partial charge in [0, 0.05) is 17.8 Å². The van der Waals surface area contributed by atoms with E-state index >= 15 is 0 Å². The number of benzene rings is 1. The van der Waals surface area contributed by atoms with Crippen LogP contribution in [0, 0.1) is 0 Å². The molecule has 5 heteroatoms. The molecular formula is C12H15N3O2. The standard InChI is InChI=1S/C12H15N3O2/c1-2-16-12-7-9(3-4-11(12)13)14-8-10-5-6-15-17-10/h3-7,14H,2,8,13H2,1H3. The number of aromatic nitrogens is 1. The third-order valence-corrected chi connectivity index (χ3v) is 2.27.